The standard InChI is InChI=1S/C25H29FN2O4/c1-32-21-8-4-19(5-9-21)25(31)28-15-12-23(29)22(16-28)27-13-10-18(11-14-27)24(30)17-2-6-20(26)7-3-17/h2-9,18,22-23,29H,10-16H2,1H3/t22-,23-/m1/s1. The molecule has 0 spiro atoms. The van der Waals surface area contributed by atoms with E-state index < -0.39 is 6.10 Å². The molecule has 32 heavy (non-hydrogen) atoms. The van der Waals surface area contributed by atoms with Crippen molar-refractivity contribution in [2.45, 2.75) is 31.4 Å². The molecule has 2 aromatic carbocycles. The number of nitrogens with zero attached hydrogens (tertiary/aromatic N) is 2. The van der Waals surface area contributed by atoms with Crippen LogP contribution in [0.5, 0.6) is 5.75 Å². The van der Waals surface area contributed by atoms with Crippen LogP contribution in [0.4, 0.5) is 4.39 Å². The Balaban J connectivity index is 1.36. The third kappa shape index (κ3) is 4.84. The molecule has 7 heteroatoms. The number of methoxy groups -OCH3 is 1. The molecule has 2 aliphatic heterocycles. The first-order chi connectivity index (χ1) is 15.5. The number of aliphatic hydroxyl groups excluding tert-OH is 1. The molecule has 0 aliphatic carbocycles. The van der Waals surface area contributed by atoms with Crippen LogP contribution in [0, 0.1) is 11.7 Å². The lowest BCUT2D eigenvalue weighted by atomic mass is 9.87. The molecule has 2 saturated heterocycles. The van der Waals surface area contributed by atoms with E-state index >= 15 is 0 Å². The van der Waals surface area contributed by atoms with Gasteiger partial charge in [0.25, 0.3) is 5.91 Å². The van der Waals surface area contributed by atoms with Crippen LogP contribution in [0.15, 0.2) is 48.5 Å². The van der Waals surface area contributed by atoms with Gasteiger partial charge in [-0.3, -0.25) is 14.5 Å². The minimum Gasteiger partial charge on any atom is -0.497 e. The summed E-state index contributed by atoms with van der Waals surface area (Å²) in [5.41, 5.74) is 1.14. The Hall–Kier alpha value is -2.77. The van der Waals surface area contributed by atoms with Gasteiger partial charge in [0.05, 0.1) is 19.3 Å². The molecule has 2 atom stereocenters. The van der Waals surface area contributed by atoms with Gasteiger partial charge in [0.15, 0.2) is 5.78 Å². The first kappa shape index (κ1) is 22.4. The lowest BCUT2D eigenvalue weighted by molar-refractivity contribution is -0.0175. The Morgan fingerprint density at radius 3 is 2.19 bits per heavy atom. The molecule has 1 N–H and O–H groups in total. The highest BCUT2D eigenvalue weighted by molar-refractivity contribution is 5.98. The van der Waals surface area contributed by atoms with Crippen molar-refractivity contribution in [3.63, 3.8) is 0 Å². The van der Waals surface area contributed by atoms with Gasteiger partial charge in [-0.15, -0.1) is 0 Å². The summed E-state index contributed by atoms with van der Waals surface area (Å²) in [4.78, 5) is 29.7. The van der Waals surface area contributed by atoms with Crippen molar-refractivity contribution < 1.29 is 23.8 Å². The van der Waals surface area contributed by atoms with Crippen LogP contribution < -0.4 is 4.74 Å². The van der Waals surface area contributed by atoms with E-state index in [-0.39, 0.29) is 29.5 Å². The number of Topliss-reactive ketones (excluding diaryl/α,β-unsaturated/α-hetero) is 1. The van der Waals surface area contributed by atoms with Crippen LogP contribution in [0.25, 0.3) is 0 Å². The number of amides is 1. The number of rotatable bonds is 5. The highest BCUT2D eigenvalue weighted by atomic mass is 19.1. The van der Waals surface area contributed by atoms with E-state index in [9.17, 15) is 19.1 Å². The van der Waals surface area contributed by atoms with Crippen molar-refractivity contribution in [1.82, 2.24) is 9.80 Å². The number of halogens is 1. The second-order valence-corrected chi connectivity index (χ2v) is 8.58. The minimum absolute atomic E-state index is 0.0464. The molecular weight excluding hydrogens is 411 g/mol. The first-order valence-corrected chi connectivity index (χ1v) is 11.1. The number of piperidine rings is 2. The van der Waals surface area contributed by atoms with Crippen LogP contribution in [-0.4, -0.2) is 72.0 Å². The van der Waals surface area contributed by atoms with Gasteiger partial charge in [-0.05, 0) is 80.9 Å². The second-order valence-electron chi connectivity index (χ2n) is 8.58. The maximum Gasteiger partial charge on any atom is 0.253 e. The lowest BCUT2D eigenvalue weighted by Gasteiger charge is -2.44. The zero-order chi connectivity index (χ0) is 22.7. The number of carbonyl (C=O) groups is 2. The molecule has 4 rings (SSSR count). The van der Waals surface area contributed by atoms with E-state index in [4.69, 9.17) is 4.74 Å². The smallest absolute Gasteiger partial charge is 0.253 e. The SMILES string of the molecule is COc1ccc(C(=O)N2CC[C@@H](O)[C@H](N3CCC(C(=O)c4ccc(F)cc4)CC3)C2)cc1. The third-order valence-corrected chi connectivity index (χ3v) is 6.67. The average molecular weight is 441 g/mol. The number of aliphatic hydroxyl groups is 1. The number of benzene rings is 2. The predicted molar refractivity (Wildman–Crippen MR) is 118 cm³/mol. The van der Waals surface area contributed by atoms with Crippen molar-refractivity contribution in [3.8, 4) is 5.75 Å². The summed E-state index contributed by atoms with van der Waals surface area (Å²) in [5.74, 6) is 0.244. The van der Waals surface area contributed by atoms with Gasteiger partial charge in [-0.2, -0.15) is 0 Å². The Morgan fingerprint density at radius 2 is 1.56 bits per heavy atom. The van der Waals surface area contributed by atoms with Crippen molar-refractivity contribution in [2.75, 3.05) is 33.3 Å². The summed E-state index contributed by atoms with van der Waals surface area (Å²) in [7, 11) is 1.59. The summed E-state index contributed by atoms with van der Waals surface area (Å²) in [5, 5.41) is 10.6. The Kier molecular flexibility index (Phi) is 6.86. The number of ether oxygens (including phenoxy) is 1. The van der Waals surface area contributed by atoms with Crippen molar-refractivity contribution in [1.29, 1.82) is 0 Å². The quantitative estimate of drug-likeness (QED) is 0.724. The van der Waals surface area contributed by atoms with Gasteiger partial charge in [0.1, 0.15) is 11.6 Å². The molecule has 0 aromatic heterocycles. The predicted octanol–water partition coefficient (Wildman–Crippen LogP) is 3.00. The van der Waals surface area contributed by atoms with E-state index in [0.717, 1.165) is 0 Å². The van der Waals surface area contributed by atoms with E-state index in [0.29, 0.717) is 62.3 Å². The van der Waals surface area contributed by atoms with Crippen molar-refractivity contribution in [3.05, 3.63) is 65.5 Å². The number of hydrogen-bond acceptors (Lipinski definition) is 5. The lowest BCUT2D eigenvalue weighted by Crippen LogP contribution is -2.58. The maximum absolute atomic E-state index is 13.1. The van der Waals surface area contributed by atoms with Crippen molar-refractivity contribution in [2.24, 2.45) is 5.92 Å². The van der Waals surface area contributed by atoms with Gasteiger partial charge in [-0.1, -0.05) is 0 Å². The molecule has 6 nitrogen and oxygen atoms in total. The van der Waals surface area contributed by atoms with Gasteiger partial charge in [0.2, 0.25) is 0 Å². The Bertz CT molecular complexity index is 939. The molecule has 2 aliphatic rings. The largest absolute Gasteiger partial charge is 0.497 e. The topological polar surface area (TPSA) is 70.1 Å². The second kappa shape index (κ2) is 9.79. The van der Waals surface area contributed by atoms with E-state index in [2.05, 4.69) is 4.90 Å². The molecule has 0 radical (unpaired) electrons. The zero-order valence-corrected chi connectivity index (χ0v) is 18.2. The molecule has 2 heterocycles. The molecular formula is C25H29FN2O4. The molecule has 0 saturated carbocycles. The number of ketones is 1. The van der Waals surface area contributed by atoms with Crippen LogP contribution in [0.3, 0.4) is 0 Å². The van der Waals surface area contributed by atoms with Crippen LogP contribution in [0.1, 0.15) is 40.0 Å². The fourth-order valence-electron chi connectivity index (χ4n) is 4.72. The molecule has 1 amide bonds. The van der Waals surface area contributed by atoms with Crippen LogP contribution in [-0.2, 0) is 0 Å². The molecule has 2 aromatic rings. The highest BCUT2D eigenvalue weighted by Gasteiger charge is 2.37. The number of carbonyl (C=O) groups excluding carboxylic acids is 2. The minimum atomic E-state index is -0.501. The van der Waals surface area contributed by atoms with Gasteiger partial charge in [0, 0.05) is 30.1 Å². The average Bonchev–Trinajstić information content (AvgIpc) is 2.84. The first-order valence-electron chi connectivity index (χ1n) is 11.1. The summed E-state index contributed by atoms with van der Waals surface area (Å²) in [6.07, 6.45) is 1.40. The Labute approximate surface area is 187 Å². The summed E-state index contributed by atoms with van der Waals surface area (Å²) in [6, 6.07) is 12.6. The van der Waals surface area contributed by atoms with Gasteiger partial charge >= 0.3 is 0 Å². The fraction of sp³-hybridized carbons (Fsp3) is 0.440. The fourth-order valence-corrected chi connectivity index (χ4v) is 4.72. The number of hydrogen-bond donors (Lipinski definition) is 1. The molecule has 2 fully saturated rings. The third-order valence-electron chi connectivity index (χ3n) is 6.67. The van der Waals surface area contributed by atoms with E-state index in [1.54, 1.807) is 36.3 Å². The molecule has 170 valence electrons. The number of likely N-dealkylation sites (tertiary alicyclic amines) is 2. The van der Waals surface area contributed by atoms with Gasteiger partial charge in [-0.25, -0.2) is 4.39 Å². The monoisotopic (exact) mass is 440 g/mol. The highest BCUT2D eigenvalue weighted by Crippen LogP contribution is 2.27. The Morgan fingerprint density at radius 1 is 0.938 bits per heavy atom. The van der Waals surface area contributed by atoms with Gasteiger partial charge < -0.3 is 14.7 Å². The van der Waals surface area contributed by atoms with Crippen molar-refractivity contribution >= 4 is 11.7 Å². The summed E-state index contributed by atoms with van der Waals surface area (Å²) < 4.78 is 18.3. The van der Waals surface area contributed by atoms with E-state index in [1.165, 1.54) is 24.3 Å². The van der Waals surface area contributed by atoms with E-state index in [1.807, 2.05) is 0 Å². The zero-order valence-electron chi connectivity index (χ0n) is 18.2. The molecule has 0 bridgehead atoms. The summed E-state index contributed by atoms with van der Waals surface area (Å²) >= 11 is 0. The summed E-state index contributed by atoms with van der Waals surface area (Å²) in [6.45, 7) is 2.35. The normalized spacial score (nSPS) is 22.5. The maximum atomic E-state index is 13.1. The van der Waals surface area contributed by atoms with Crippen LogP contribution in [0.2, 0.25) is 0 Å². The molecule has 0 unspecified atom stereocenters. The van der Waals surface area contributed by atoms with Crippen LogP contribution >= 0.6 is 0 Å².